The van der Waals surface area contributed by atoms with Crippen LogP contribution >= 0.6 is 23.2 Å². The SMILES string of the molecule is COc1cccc(C(=O)Nc2ncn(Cc3ccc(Cl)c(Cl)c3)n2)c1OC. The van der Waals surface area contributed by atoms with E-state index in [1.54, 1.807) is 35.0 Å². The topological polar surface area (TPSA) is 78.3 Å². The number of benzene rings is 2. The third-order valence-corrected chi connectivity index (χ3v) is 4.48. The maximum atomic E-state index is 12.5. The Morgan fingerprint density at radius 3 is 2.67 bits per heavy atom. The van der Waals surface area contributed by atoms with Crippen molar-refractivity contribution < 1.29 is 14.3 Å². The van der Waals surface area contributed by atoms with Gasteiger partial charge in [-0.25, -0.2) is 9.67 Å². The molecular weight excluding hydrogens is 391 g/mol. The molecule has 0 aliphatic carbocycles. The summed E-state index contributed by atoms with van der Waals surface area (Å²) in [4.78, 5) is 16.6. The Morgan fingerprint density at radius 1 is 1.15 bits per heavy atom. The van der Waals surface area contributed by atoms with Gasteiger partial charge in [0.05, 0.1) is 36.4 Å². The number of carbonyl (C=O) groups excluding carboxylic acids is 1. The fourth-order valence-corrected chi connectivity index (χ4v) is 2.81. The van der Waals surface area contributed by atoms with Gasteiger partial charge in [-0.3, -0.25) is 10.1 Å². The number of nitrogens with one attached hydrogen (secondary N) is 1. The second kappa shape index (κ2) is 8.28. The first-order valence-corrected chi connectivity index (χ1v) is 8.63. The first-order chi connectivity index (χ1) is 13.0. The smallest absolute Gasteiger partial charge is 0.261 e. The van der Waals surface area contributed by atoms with Crippen molar-refractivity contribution in [3.63, 3.8) is 0 Å². The van der Waals surface area contributed by atoms with Crippen LogP contribution in [0.3, 0.4) is 0 Å². The molecule has 27 heavy (non-hydrogen) atoms. The number of nitrogens with zero attached hydrogens (tertiary/aromatic N) is 3. The molecule has 9 heteroatoms. The Kier molecular flexibility index (Phi) is 5.83. The van der Waals surface area contributed by atoms with E-state index in [0.717, 1.165) is 5.56 Å². The molecule has 1 heterocycles. The van der Waals surface area contributed by atoms with Gasteiger partial charge in [0.1, 0.15) is 6.33 Å². The number of methoxy groups -OCH3 is 2. The van der Waals surface area contributed by atoms with Crippen LogP contribution < -0.4 is 14.8 Å². The van der Waals surface area contributed by atoms with Crippen molar-refractivity contribution in [2.24, 2.45) is 0 Å². The van der Waals surface area contributed by atoms with Crippen LogP contribution in [0.2, 0.25) is 10.0 Å². The van der Waals surface area contributed by atoms with E-state index >= 15 is 0 Å². The highest BCUT2D eigenvalue weighted by Gasteiger charge is 2.17. The van der Waals surface area contributed by atoms with Crippen molar-refractivity contribution in [2.45, 2.75) is 6.54 Å². The molecule has 1 amide bonds. The highest BCUT2D eigenvalue weighted by atomic mass is 35.5. The van der Waals surface area contributed by atoms with Gasteiger partial charge in [-0.15, -0.1) is 5.10 Å². The van der Waals surface area contributed by atoms with E-state index in [2.05, 4.69) is 15.4 Å². The van der Waals surface area contributed by atoms with Crippen LogP contribution in [-0.2, 0) is 6.54 Å². The van der Waals surface area contributed by atoms with Gasteiger partial charge in [-0.05, 0) is 29.8 Å². The second-order valence-electron chi connectivity index (χ2n) is 5.51. The van der Waals surface area contributed by atoms with Crippen LogP contribution in [0.25, 0.3) is 0 Å². The minimum atomic E-state index is -0.405. The first kappa shape index (κ1) is 19.0. The van der Waals surface area contributed by atoms with Gasteiger partial charge in [0, 0.05) is 0 Å². The minimum Gasteiger partial charge on any atom is -0.493 e. The number of rotatable bonds is 6. The zero-order valence-corrected chi connectivity index (χ0v) is 16.1. The predicted octanol–water partition coefficient (Wildman–Crippen LogP) is 3.90. The molecule has 0 saturated heterocycles. The fourth-order valence-electron chi connectivity index (χ4n) is 2.49. The van der Waals surface area contributed by atoms with Crippen LogP contribution in [0, 0.1) is 0 Å². The maximum Gasteiger partial charge on any atom is 0.261 e. The van der Waals surface area contributed by atoms with Gasteiger partial charge in [-0.1, -0.05) is 35.3 Å². The molecule has 7 nitrogen and oxygen atoms in total. The van der Waals surface area contributed by atoms with Gasteiger partial charge in [0.25, 0.3) is 5.91 Å². The third kappa shape index (κ3) is 4.32. The number of para-hydroxylation sites is 1. The number of ether oxygens (including phenoxy) is 2. The van der Waals surface area contributed by atoms with Gasteiger partial charge in [0.2, 0.25) is 5.95 Å². The number of halogens is 2. The maximum absolute atomic E-state index is 12.5. The average Bonchev–Trinajstić information content (AvgIpc) is 3.10. The van der Waals surface area contributed by atoms with Gasteiger partial charge in [0.15, 0.2) is 11.5 Å². The quantitative estimate of drug-likeness (QED) is 0.671. The minimum absolute atomic E-state index is 0.171. The van der Waals surface area contributed by atoms with Crippen molar-refractivity contribution in [1.29, 1.82) is 0 Å². The van der Waals surface area contributed by atoms with E-state index in [9.17, 15) is 4.79 Å². The summed E-state index contributed by atoms with van der Waals surface area (Å²) in [6, 6.07) is 10.4. The van der Waals surface area contributed by atoms with E-state index in [1.165, 1.54) is 20.5 Å². The zero-order chi connectivity index (χ0) is 19.4. The predicted molar refractivity (Wildman–Crippen MR) is 103 cm³/mol. The number of carbonyl (C=O) groups is 1. The van der Waals surface area contributed by atoms with Crippen molar-refractivity contribution in [1.82, 2.24) is 14.8 Å². The molecule has 0 saturated carbocycles. The Bertz CT molecular complexity index is 975. The molecule has 3 aromatic rings. The molecule has 3 rings (SSSR count). The highest BCUT2D eigenvalue weighted by molar-refractivity contribution is 6.42. The Morgan fingerprint density at radius 2 is 1.96 bits per heavy atom. The van der Waals surface area contributed by atoms with Gasteiger partial charge < -0.3 is 9.47 Å². The lowest BCUT2D eigenvalue weighted by Gasteiger charge is -2.11. The summed E-state index contributed by atoms with van der Waals surface area (Å²) in [5, 5.41) is 7.84. The normalized spacial score (nSPS) is 10.5. The lowest BCUT2D eigenvalue weighted by molar-refractivity contribution is 0.102. The number of aromatic nitrogens is 3. The highest BCUT2D eigenvalue weighted by Crippen LogP contribution is 2.31. The third-order valence-electron chi connectivity index (χ3n) is 3.74. The molecule has 0 atom stereocenters. The molecule has 0 aliphatic rings. The van der Waals surface area contributed by atoms with Crippen LogP contribution in [0.5, 0.6) is 11.5 Å². The number of hydrogen-bond donors (Lipinski definition) is 1. The largest absolute Gasteiger partial charge is 0.493 e. The van der Waals surface area contributed by atoms with Crippen LogP contribution in [0.1, 0.15) is 15.9 Å². The van der Waals surface area contributed by atoms with Crippen molar-refractivity contribution >= 4 is 35.1 Å². The molecule has 0 fully saturated rings. The van der Waals surface area contributed by atoms with Gasteiger partial charge in [-0.2, -0.15) is 0 Å². The summed E-state index contributed by atoms with van der Waals surface area (Å²) in [7, 11) is 2.98. The summed E-state index contributed by atoms with van der Waals surface area (Å²) in [6.07, 6.45) is 1.51. The van der Waals surface area contributed by atoms with E-state index in [-0.39, 0.29) is 5.95 Å². The summed E-state index contributed by atoms with van der Waals surface area (Å²) < 4.78 is 12.1. The molecule has 0 aliphatic heterocycles. The molecule has 140 valence electrons. The van der Waals surface area contributed by atoms with Crippen molar-refractivity contribution in [3.8, 4) is 11.5 Å². The molecule has 0 unspecified atom stereocenters. The van der Waals surface area contributed by atoms with Crippen LogP contribution in [-0.4, -0.2) is 34.9 Å². The fraction of sp³-hybridized carbons (Fsp3) is 0.167. The molecular formula is C18H16Cl2N4O3. The Labute approximate surface area is 165 Å². The average molecular weight is 407 g/mol. The molecule has 2 aromatic carbocycles. The Hall–Kier alpha value is -2.77. The van der Waals surface area contributed by atoms with E-state index in [4.69, 9.17) is 32.7 Å². The molecule has 0 bridgehead atoms. The Balaban J connectivity index is 1.74. The van der Waals surface area contributed by atoms with Gasteiger partial charge >= 0.3 is 0 Å². The van der Waals surface area contributed by atoms with E-state index in [0.29, 0.717) is 33.7 Å². The summed E-state index contributed by atoms with van der Waals surface area (Å²) in [6.45, 7) is 0.433. The molecule has 1 N–H and O–H groups in total. The van der Waals surface area contributed by atoms with Crippen LogP contribution in [0.4, 0.5) is 5.95 Å². The molecule has 0 radical (unpaired) electrons. The first-order valence-electron chi connectivity index (χ1n) is 7.87. The zero-order valence-electron chi connectivity index (χ0n) is 14.6. The standard InChI is InChI=1S/C18H16Cl2N4O3/c1-26-15-5-3-4-12(16(15)27-2)17(25)22-18-21-10-24(23-18)9-11-6-7-13(19)14(20)8-11/h3-8,10H,9H2,1-2H3,(H,22,23,25). The lowest BCUT2D eigenvalue weighted by atomic mass is 10.1. The van der Waals surface area contributed by atoms with Crippen molar-refractivity contribution in [2.75, 3.05) is 19.5 Å². The number of anilines is 1. The van der Waals surface area contributed by atoms with Crippen LogP contribution in [0.15, 0.2) is 42.7 Å². The summed E-state index contributed by atoms with van der Waals surface area (Å²) in [5.41, 5.74) is 1.22. The summed E-state index contributed by atoms with van der Waals surface area (Å²) >= 11 is 11.9. The number of hydrogen-bond acceptors (Lipinski definition) is 5. The second-order valence-corrected chi connectivity index (χ2v) is 6.32. The summed E-state index contributed by atoms with van der Waals surface area (Å²) in [5.74, 6) is 0.568. The van der Waals surface area contributed by atoms with E-state index < -0.39 is 5.91 Å². The molecule has 1 aromatic heterocycles. The number of amides is 1. The lowest BCUT2D eigenvalue weighted by Crippen LogP contribution is -2.15. The van der Waals surface area contributed by atoms with Crippen molar-refractivity contribution in [3.05, 3.63) is 63.9 Å². The monoisotopic (exact) mass is 406 g/mol. The van der Waals surface area contributed by atoms with E-state index in [1.807, 2.05) is 6.07 Å². The molecule has 0 spiro atoms.